The Hall–Kier alpha value is -1.88. The normalized spacial score (nSPS) is 11.7. The Morgan fingerprint density at radius 2 is 1.95 bits per heavy atom. The highest BCUT2D eigenvalue weighted by Crippen LogP contribution is 2.26. The number of amides is 2. The second-order valence-corrected chi connectivity index (χ2v) is 4.33. The maximum atomic E-state index is 11.7. The van der Waals surface area contributed by atoms with E-state index in [9.17, 15) is 9.59 Å². The van der Waals surface area contributed by atoms with Crippen molar-refractivity contribution >= 4 is 17.5 Å². The van der Waals surface area contributed by atoms with Gasteiger partial charge in [-0.3, -0.25) is 9.59 Å². The van der Waals surface area contributed by atoms with Gasteiger partial charge >= 0.3 is 11.8 Å². The van der Waals surface area contributed by atoms with Crippen molar-refractivity contribution in [2.24, 2.45) is 0 Å². The van der Waals surface area contributed by atoms with Crippen LogP contribution in [0.4, 0.5) is 5.69 Å². The summed E-state index contributed by atoms with van der Waals surface area (Å²) >= 11 is 0. The molecule has 1 unspecified atom stereocenters. The van der Waals surface area contributed by atoms with E-state index in [1.165, 1.54) is 0 Å². The molecule has 0 saturated heterocycles. The summed E-state index contributed by atoms with van der Waals surface area (Å²) in [5, 5.41) is 13.5. The second-order valence-electron chi connectivity index (χ2n) is 4.33. The molecule has 19 heavy (non-hydrogen) atoms. The van der Waals surface area contributed by atoms with Crippen molar-refractivity contribution in [3.63, 3.8) is 0 Å². The van der Waals surface area contributed by atoms with Gasteiger partial charge in [0.05, 0.1) is 6.61 Å². The van der Waals surface area contributed by atoms with Gasteiger partial charge in [0.2, 0.25) is 0 Å². The van der Waals surface area contributed by atoms with Crippen molar-refractivity contribution in [1.29, 1.82) is 0 Å². The van der Waals surface area contributed by atoms with Crippen LogP contribution in [-0.4, -0.2) is 30.1 Å². The molecule has 1 atom stereocenters. The summed E-state index contributed by atoms with van der Waals surface area (Å²) in [6.45, 7) is 4.01. The van der Waals surface area contributed by atoms with Crippen molar-refractivity contribution < 1.29 is 14.7 Å². The predicted octanol–water partition coefficient (Wildman–Crippen LogP) is 1.25. The number of aliphatic hydroxyl groups is 1. The molecule has 0 aromatic heterocycles. The van der Waals surface area contributed by atoms with Gasteiger partial charge in [0.25, 0.3) is 0 Å². The third-order valence-electron chi connectivity index (χ3n) is 2.96. The van der Waals surface area contributed by atoms with E-state index >= 15 is 0 Å². The molecule has 0 aliphatic heterocycles. The first-order valence-electron chi connectivity index (χ1n) is 6.39. The maximum absolute atomic E-state index is 11.7. The third kappa shape index (κ3) is 4.37. The summed E-state index contributed by atoms with van der Waals surface area (Å²) < 4.78 is 0. The van der Waals surface area contributed by atoms with Crippen molar-refractivity contribution in [3.8, 4) is 0 Å². The predicted molar refractivity (Wildman–Crippen MR) is 73.9 cm³/mol. The number of rotatable bonds is 5. The van der Waals surface area contributed by atoms with E-state index < -0.39 is 11.8 Å². The first-order chi connectivity index (χ1) is 9.10. The highest BCUT2D eigenvalue weighted by molar-refractivity contribution is 6.39. The molecule has 0 fully saturated rings. The molecule has 3 N–H and O–H groups in total. The van der Waals surface area contributed by atoms with E-state index in [2.05, 4.69) is 24.5 Å². The number of para-hydroxylation sites is 1. The van der Waals surface area contributed by atoms with Crippen LogP contribution in [0.2, 0.25) is 0 Å². The summed E-state index contributed by atoms with van der Waals surface area (Å²) in [5.74, 6) is -1.16. The first kappa shape index (κ1) is 15.2. The zero-order chi connectivity index (χ0) is 14.3. The summed E-state index contributed by atoms with van der Waals surface area (Å²) in [4.78, 5) is 23.1. The summed E-state index contributed by atoms with van der Waals surface area (Å²) in [6.07, 6.45) is 0.948. The van der Waals surface area contributed by atoms with Gasteiger partial charge in [0, 0.05) is 12.2 Å². The van der Waals surface area contributed by atoms with Crippen LogP contribution in [0.3, 0.4) is 0 Å². The van der Waals surface area contributed by atoms with Crippen LogP contribution in [0.25, 0.3) is 0 Å². The van der Waals surface area contributed by atoms with Gasteiger partial charge in [-0.1, -0.05) is 32.0 Å². The highest BCUT2D eigenvalue weighted by atomic mass is 16.3. The molecule has 104 valence electrons. The SMILES string of the molecule is CCC(C)c1ccccc1NC(=O)C(=O)NCCO. The Balaban J connectivity index is 2.76. The number of carbonyl (C=O) groups excluding carboxylic acids is 2. The lowest BCUT2D eigenvalue weighted by Gasteiger charge is -2.15. The minimum atomic E-state index is -0.743. The molecule has 1 aromatic carbocycles. The van der Waals surface area contributed by atoms with E-state index in [4.69, 9.17) is 5.11 Å². The fourth-order valence-electron chi connectivity index (χ4n) is 1.69. The lowest BCUT2D eigenvalue weighted by atomic mass is 9.97. The van der Waals surface area contributed by atoms with Crippen LogP contribution in [-0.2, 0) is 9.59 Å². The maximum Gasteiger partial charge on any atom is 0.313 e. The number of hydrogen-bond donors (Lipinski definition) is 3. The van der Waals surface area contributed by atoms with Crippen LogP contribution >= 0.6 is 0 Å². The van der Waals surface area contributed by atoms with Crippen LogP contribution in [0.15, 0.2) is 24.3 Å². The molecule has 0 bridgehead atoms. The largest absolute Gasteiger partial charge is 0.395 e. The molecular weight excluding hydrogens is 244 g/mol. The number of hydrogen-bond acceptors (Lipinski definition) is 3. The van der Waals surface area contributed by atoms with E-state index in [-0.39, 0.29) is 13.2 Å². The van der Waals surface area contributed by atoms with Crippen LogP contribution < -0.4 is 10.6 Å². The second kappa shape index (κ2) is 7.53. The van der Waals surface area contributed by atoms with Crippen molar-refractivity contribution in [2.45, 2.75) is 26.2 Å². The molecule has 0 aliphatic rings. The molecule has 0 saturated carbocycles. The van der Waals surface area contributed by atoms with Gasteiger partial charge in [-0.05, 0) is 24.0 Å². The molecule has 0 radical (unpaired) electrons. The number of carbonyl (C=O) groups is 2. The summed E-state index contributed by atoms with van der Waals surface area (Å²) in [5.41, 5.74) is 1.66. The zero-order valence-electron chi connectivity index (χ0n) is 11.3. The molecule has 5 nitrogen and oxygen atoms in total. The van der Waals surface area contributed by atoms with Crippen LogP contribution in [0.5, 0.6) is 0 Å². The summed E-state index contributed by atoms with van der Waals surface area (Å²) in [7, 11) is 0. The van der Waals surface area contributed by atoms with Crippen molar-refractivity contribution in [2.75, 3.05) is 18.5 Å². The monoisotopic (exact) mass is 264 g/mol. The molecule has 2 amide bonds. The Bertz CT molecular complexity index is 446. The quantitative estimate of drug-likeness (QED) is 0.700. The standard InChI is InChI=1S/C14H20N2O3/c1-3-10(2)11-6-4-5-7-12(11)16-14(19)13(18)15-8-9-17/h4-7,10,17H,3,8-9H2,1-2H3,(H,15,18)(H,16,19). The minimum Gasteiger partial charge on any atom is -0.395 e. The average Bonchev–Trinajstić information content (AvgIpc) is 2.44. The van der Waals surface area contributed by atoms with E-state index in [0.717, 1.165) is 12.0 Å². The van der Waals surface area contributed by atoms with E-state index in [0.29, 0.717) is 11.6 Å². The first-order valence-corrected chi connectivity index (χ1v) is 6.39. The highest BCUT2D eigenvalue weighted by Gasteiger charge is 2.16. The third-order valence-corrected chi connectivity index (χ3v) is 2.96. The van der Waals surface area contributed by atoms with Gasteiger partial charge in [0.15, 0.2) is 0 Å². The van der Waals surface area contributed by atoms with Gasteiger partial charge in [-0.25, -0.2) is 0 Å². The Morgan fingerprint density at radius 3 is 2.58 bits per heavy atom. The minimum absolute atomic E-state index is 0.0687. The zero-order valence-corrected chi connectivity index (χ0v) is 11.3. The van der Waals surface area contributed by atoms with Crippen LogP contribution in [0, 0.1) is 0 Å². The fraction of sp³-hybridized carbons (Fsp3) is 0.429. The smallest absolute Gasteiger partial charge is 0.313 e. The van der Waals surface area contributed by atoms with Gasteiger partial charge in [-0.2, -0.15) is 0 Å². The molecule has 0 spiro atoms. The Labute approximate surface area is 113 Å². The number of nitrogens with one attached hydrogen (secondary N) is 2. The van der Waals surface area contributed by atoms with Crippen molar-refractivity contribution in [3.05, 3.63) is 29.8 Å². The van der Waals surface area contributed by atoms with E-state index in [1.54, 1.807) is 6.07 Å². The number of benzene rings is 1. The Kier molecular flexibility index (Phi) is 6.02. The molecule has 5 heteroatoms. The fourth-order valence-corrected chi connectivity index (χ4v) is 1.69. The summed E-state index contributed by atoms with van der Waals surface area (Å²) in [6, 6.07) is 7.43. The molecule has 0 aliphatic carbocycles. The van der Waals surface area contributed by atoms with Crippen molar-refractivity contribution in [1.82, 2.24) is 5.32 Å². The van der Waals surface area contributed by atoms with E-state index in [1.807, 2.05) is 18.2 Å². The molecule has 1 rings (SSSR count). The Morgan fingerprint density at radius 1 is 1.26 bits per heavy atom. The average molecular weight is 264 g/mol. The van der Waals surface area contributed by atoms with Gasteiger partial charge < -0.3 is 15.7 Å². The van der Waals surface area contributed by atoms with Gasteiger partial charge in [-0.15, -0.1) is 0 Å². The lowest BCUT2D eigenvalue weighted by Crippen LogP contribution is -2.37. The number of anilines is 1. The molecule has 1 aromatic rings. The molecule has 0 heterocycles. The lowest BCUT2D eigenvalue weighted by molar-refractivity contribution is -0.136. The van der Waals surface area contributed by atoms with Crippen LogP contribution in [0.1, 0.15) is 31.7 Å². The topological polar surface area (TPSA) is 78.4 Å². The van der Waals surface area contributed by atoms with Gasteiger partial charge in [0.1, 0.15) is 0 Å². The molecular formula is C14H20N2O3. The number of aliphatic hydroxyl groups excluding tert-OH is 1.